The van der Waals surface area contributed by atoms with Gasteiger partial charge in [0.15, 0.2) is 0 Å². The van der Waals surface area contributed by atoms with E-state index in [1.54, 1.807) is 0 Å². The van der Waals surface area contributed by atoms with E-state index in [2.05, 4.69) is 61.8 Å². The Labute approximate surface area is 186 Å². The predicted molar refractivity (Wildman–Crippen MR) is 125 cm³/mol. The third-order valence-electron chi connectivity index (χ3n) is 6.41. The molecule has 2 aromatic rings. The Balaban J connectivity index is 1.26. The SMILES string of the molecule is O=C(NCc1ccc(N2CCCCCC2)nc1)NCC(c1ccccc1)N1CCCC1. The molecule has 2 amide bonds. The first-order valence-electron chi connectivity index (χ1n) is 11.8. The van der Waals surface area contributed by atoms with Gasteiger partial charge in [-0.1, -0.05) is 49.2 Å². The molecule has 31 heavy (non-hydrogen) atoms. The van der Waals surface area contributed by atoms with E-state index < -0.39 is 0 Å². The second-order valence-electron chi connectivity index (χ2n) is 8.66. The highest BCUT2D eigenvalue weighted by molar-refractivity contribution is 5.73. The van der Waals surface area contributed by atoms with Crippen molar-refractivity contribution in [1.29, 1.82) is 0 Å². The molecule has 2 aliphatic heterocycles. The van der Waals surface area contributed by atoms with Gasteiger partial charge in [0.1, 0.15) is 5.82 Å². The van der Waals surface area contributed by atoms with Crippen LogP contribution in [0.1, 0.15) is 55.7 Å². The first kappa shape index (κ1) is 21.6. The number of likely N-dealkylation sites (tertiary alicyclic amines) is 1. The molecule has 6 nitrogen and oxygen atoms in total. The molecule has 2 saturated heterocycles. The van der Waals surface area contributed by atoms with E-state index in [0.29, 0.717) is 13.1 Å². The molecule has 2 aliphatic rings. The zero-order chi connectivity index (χ0) is 21.3. The molecule has 0 aliphatic carbocycles. The summed E-state index contributed by atoms with van der Waals surface area (Å²) in [7, 11) is 0. The summed E-state index contributed by atoms with van der Waals surface area (Å²) < 4.78 is 0. The minimum atomic E-state index is -0.128. The fraction of sp³-hybridized carbons (Fsp3) is 0.520. The lowest BCUT2D eigenvalue weighted by Gasteiger charge is -2.28. The Morgan fingerprint density at radius 1 is 0.871 bits per heavy atom. The molecule has 1 unspecified atom stereocenters. The third kappa shape index (κ3) is 6.20. The normalized spacial score (nSPS) is 18.4. The third-order valence-corrected chi connectivity index (χ3v) is 6.41. The maximum absolute atomic E-state index is 12.5. The van der Waals surface area contributed by atoms with Crippen LogP contribution in [0.2, 0.25) is 0 Å². The number of hydrogen-bond acceptors (Lipinski definition) is 4. The number of aromatic nitrogens is 1. The minimum absolute atomic E-state index is 0.128. The second-order valence-corrected chi connectivity index (χ2v) is 8.66. The van der Waals surface area contributed by atoms with Gasteiger partial charge in [-0.05, 0) is 56.0 Å². The monoisotopic (exact) mass is 421 g/mol. The van der Waals surface area contributed by atoms with Crippen molar-refractivity contribution in [3.05, 3.63) is 59.8 Å². The van der Waals surface area contributed by atoms with Gasteiger partial charge < -0.3 is 15.5 Å². The largest absolute Gasteiger partial charge is 0.357 e. The van der Waals surface area contributed by atoms with E-state index in [9.17, 15) is 4.79 Å². The van der Waals surface area contributed by atoms with E-state index in [1.165, 1.54) is 44.1 Å². The molecule has 0 bridgehead atoms. The van der Waals surface area contributed by atoms with Gasteiger partial charge in [0, 0.05) is 32.4 Å². The van der Waals surface area contributed by atoms with Gasteiger partial charge in [-0.25, -0.2) is 9.78 Å². The topological polar surface area (TPSA) is 60.5 Å². The molecule has 0 saturated carbocycles. The van der Waals surface area contributed by atoms with Crippen molar-refractivity contribution in [3.63, 3.8) is 0 Å². The fourth-order valence-corrected chi connectivity index (χ4v) is 4.63. The highest BCUT2D eigenvalue weighted by Crippen LogP contribution is 2.24. The van der Waals surface area contributed by atoms with Crippen molar-refractivity contribution in [2.75, 3.05) is 37.6 Å². The number of carbonyl (C=O) groups excluding carboxylic acids is 1. The van der Waals surface area contributed by atoms with Crippen LogP contribution in [0.25, 0.3) is 0 Å². The smallest absolute Gasteiger partial charge is 0.315 e. The second kappa shape index (κ2) is 11.1. The lowest BCUT2D eigenvalue weighted by Crippen LogP contribution is -2.41. The van der Waals surface area contributed by atoms with Crippen LogP contribution in [0.3, 0.4) is 0 Å². The molecule has 4 rings (SSSR count). The number of hydrogen-bond donors (Lipinski definition) is 2. The maximum atomic E-state index is 12.5. The van der Waals surface area contributed by atoms with Gasteiger partial charge in [-0.3, -0.25) is 4.90 Å². The summed E-state index contributed by atoms with van der Waals surface area (Å²) in [4.78, 5) is 21.9. The van der Waals surface area contributed by atoms with Crippen molar-refractivity contribution < 1.29 is 4.79 Å². The Bertz CT molecular complexity index is 796. The number of benzene rings is 1. The van der Waals surface area contributed by atoms with Crippen molar-refractivity contribution in [3.8, 4) is 0 Å². The molecule has 1 aromatic carbocycles. The Morgan fingerprint density at radius 3 is 2.26 bits per heavy atom. The lowest BCUT2D eigenvalue weighted by molar-refractivity contribution is 0.220. The maximum Gasteiger partial charge on any atom is 0.315 e. The first-order chi connectivity index (χ1) is 15.3. The highest BCUT2D eigenvalue weighted by Gasteiger charge is 2.23. The van der Waals surface area contributed by atoms with Crippen molar-refractivity contribution in [2.45, 2.75) is 51.1 Å². The summed E-state index contributed by atoms with van der Waals surface area (Å²) in [5.74, 6) is 1.05. The Kier molecular flexibility index (Phi) is 7.77. The van der Waals surface area contributed by atoms with Crippen LogP contribution in [0, 0.1) is 0 Å². The molecule has 0 spiro atoms. The van der Waals surface area contributed by atoms with Crippen LogP contribution >= 0.6 is 0 Å². The minimum Gasteiger partial charge on any atom is -0.357 e. The summed E-state index contributed by atoms with van der Waals surface area (Å²) in [5.41, 5.74) is 2.28. The molecule has 2 fully saturated rings. The first-order valence-corrected chi connectivity index (χ1v) is 11.8. The van der Waals surface area contributed by atoms with Crippen LogP contribution in [0.5, 0.6) is 0 Å². The van der Waals surface area contributed by atoms with Crippen LogP contribution in [-0.4, -0.2) is 48.6 Å². The van der Waals surface area contributed by atoms with E-state index in [-0.39, 0.29) is 12.1 Å². The average molecular weight is 422 g/mol. The fourth-order valence-electron chi connectivity index (χ4n) is 4.63. The molecule has 6 heteroatoms. The molecule has 1 atom stereocenters. The van der Waals surface area contributed by atoms with Gasteiger partial charge in [0.2, 0.25) is 0 Å². The number of nitrogens with zero attached hydrogens (tertiary/aromatic N) is 3. The average Bonchev–Trinajstić information content (AvgIpc) is 3.20. The van der Waals surface area contributed by atoms with Crippen LogP contribution in [0.15, 0.2) is 48.7 Å². The van der Waals surface area contributed by atoms with Crippen molar-refractivity contribution in [2.24, 2.45) is 0 Å². The Morgan fingerprint density at radius 2 is 1.58 bits per heavy atom. The molecular weight excluding hydrogens is 386 g/mol. The number of rotatable bonds is 7. The van der Waals surface area contributed by atoms with Crippen LogP contribution in [0.4, 0.5) is 10.6 Å². The van der Waals surface area contributed by atoms with Crippen molar-refractivity contribution in [1.82, 2.24) is 20.5 Å². The molecule has 3 heterocycles. The summed E-state index contributed by atoms with van der Waals surface area (Å²) >= 11 is 0. The van der Waals surface area contributed by atoms with Gasteiger partial charge in [0.05, 0.1) is 6.04 Å². The number of carbonyl (C=O) groups is 1. The number of pyridine rings is 1. The number of amides is 2. The zero-order valence-corrected chi connectivity index (χ0v) is 18.4. The van der Waals surface area contributed by atoms with Crippen LogP contribution in [-0.2, 0) is 6.54 Å². The van der Waals surface area contributed by atoms with Gasteiger partial charge in [-0.2, -0.15) is 0 Å². The number of nitrogens with one attached hydrogen (secondary N) is 2. The molecular formula is C25H35N5O. The Hall–Kier alpha value is -2.60. The van der Waals surface area contributed by atoms with E-state index in [4.69, 9.17) is 0 Å². The number of urea groups is 1. The molecule has 2 N–H and O–H groups in total. The standard InChI is InChI=1S/C25H35N5O/c31-25(28-20-23(29-14-8-9-15-29)22-10-4-3-5-11-22)27-19-21-12-13-24(26-18-21)30-16-6-1-2-7-17-30/h3-5,10-13,18,23H,1-2,6-9,14-17,19-20H2,(H2,27,28,31). The predicted octanol–water partition coefficient (Wildman–Crippen LogP) is 4.10. The van der Waals surface area contributed by atoms with Crippen LogP contribution < -0.4 is 15.5 Å². The zero-order valence-electron chi connectivity index (χ0n) is 18.4. The van der Waals surface area contributed by atoms with Gasteiger partial charge in [0.25, 0.3) is 0 Å². The number of anilines is 1. The quantitative estimate of drug-likeness (QED) is 0.707. The summed E-state index contributed by atoms with van der Waals surface area (Å²) in [6, 6.07) is 14.7. The summed E-state index contributed by atoms with van der Waals surface area (Å²) in [6.45, 7) is 5.47. The highest BCUT2D eigenvalue weighted by atomic mass is 16.2. The molecule has 0 radical (unpaired) electrons. The molecule has 166 valence electrons. The van der Waals surface area contributed by atoms with Gasteiger partial charge >= 0.3 is 6.03 Å². The lowest BCUT2D eigenvalue weighted by atomic mass is 10.1. The summed E-state index contributed by atoms with van der Waals surface area (Å²) in [6.07, 6.45) is 9.47. The van der Waals surface area contributed by atoms with E-state index in [0.717, 1.165) is 37.6 Å². The molecule has 1 aromatic heterocycles. The van der Waals surface area contributed by atoms with E-state index in [1.807, 2.05) is 12.3 Å². The van der Waals surface area contributed by atoms with Gasteiger partial charge in [-0.15, -0.1) is 0 Å². The van der Waals surface area contributed by atoms with E-state index >= 15 is 0 Å². The summed E-state index contributed by atoms with van der Waals surface area (Å²) in [5, 5.41) is 6.06. The van der Waals surface area contributed by atoms with Crippen molar-refractivity contribution >= 4 is 11.8 Å².